The van der Waals surface area contributed by atoms with Gasteiger partial charge < -0.3 is 20.7 Å². The van der Waals surface area contributed by atoms with Gasteiger partial charge in [0.15, 0.2) is 0 Å². The molecule has 0 aromatic heterocycles. The Labute approximate surface area is 175 Å². The Morgan fingerprint density at radius 1 is 1.24 bits per heavy atom. The van der Waals surface area contributed by atoms with Crippen LogP contribution in [0.4, 0.5) is 22.7 Å². The quantitative estimate of drug-likeness (QED) is 0.428. The minimum absolute atomic E-state index is 0. The third-order valence-electron chi connectivity index (χ3n) is 5.07. The van der Waals surface area contributed by atoms with E-state index in [2.05, 4.69) is 12.2 Å². The highest BCUT2D eigenvalue weighted by Gasteiger charge is 2.25. The molecule has 29 heavy (non-hydrogen) atoms. The number of nitro benzene ring substituents is 1. The second-order valence-electron chi connectivity index (χ2n) is 7.04. The van der Waals surface area contributed by atoms with Gasteiger partial charge in [-0.15, -0.1) is 12.4 Å². The fourth-order valence-electron chi connectivity index (χ4n) is 3.29. The summed E-state index contributed by atoms with van der Waals surface area (Å²) < 4.78 is 5.14. The van der Waals surface area contributed by atoms with Gasteiger partial charge in [0.25, 0.3) is 11.6 Å². The van der Waals surface area contributed by atoms with Crippen molar-refractivity contribution in [2.75, 3.05) is 36.1 Å². The van der Waals surface area contributed by atoms with Gasteiger partial charge >= 0.3 is 0 Å². The van der Waals surface area contributed by atoms with Crippen molar-refractivity contribution >= 4 is 41.1 Å². The maximum absolute atomic E-state index is 12.6. The highest BCUT2D eigenvalue weighted by atomic mass is 35.5. The first kappa shape index (κ1) is 22.3. The number of nitrogen functional groups attached to an aromatic ring is 1. The number of ether oxygens (including phenoxy) is 1. The van der Waals surface area contributed by atoms with Crippen LogP contribution in [0.3, 0.4) is 0 Å². The lowest BCUT2D eigenvalue weighted by atomic mass is 9.98. The molecule has 1 amide bonds. The molecule has 0 bridgehead atoms. The summed E-state index contributed by atoms with van der Waals surface area (Å²) in [7, 11) is 1.51. The van der Waals surface area contributed by atoms with Crippen LogP contribution < -0.4 is 20.7 Å². The summed E-state index contributed by atoms with van der Waals surface area (Å²) in [6, 6.07) is 9.48. The fourth-order valence-corrected chi connectivity index (χ4v) is 3.29. The number of carbonyl (C=O) groups excluding carboxylic acids is 1. The highest BCUT2D eigenvalue weighted by molar-refractivity contribution is 6.06. The maximum atomic E-state index is 12.6. The number of nitrogens with one attached hydrogen (secondary N) is 1. The molecule has 0 spiro atoms. The fraction of sp³-hybridized carbons (Fsp3) is 0.350. The Morgan fingerprint density at radius 3 is 2.55 bits per heavy atom. The average Bonchev–Trinajstić information content (AvgIpc) is 2.69. The molecular weight excluding hydrogens is 396 g/mol. The number of nitrogens with zero attached hydrogens (tertiary/aromatic N) is 2. The van der Waals surface area contributed by atoms with Crippen LogP contribution in [0.2, 0.25) is 0 Å². The zero-order valence-corrected chi connectivity index (χ0v) is 17.2. The lowest BCUT2D eigenvalue weighted by Gasteiger charge is -2.31. The van der Waals surface area contributed by atoms with Crippen molar-refractivity contribution in [2.45, 2.75) is 19.8 Å². The van der Waals surface area contributed by atoms with Crippen LogP contribution in [0.1, 0.15) is 30.1 Å². The Bertz CT molecular complexity index is 898. The smallest absolute Gasteiger partial charge is 0.293 e. The normalized spacial score (nSPS) is 14.1. The molecule has 0 atom stereocenters. The molecular formula is C20H25ClN4O4. The SMILES string of the molecule is COc1ccc(N)c(NC(=O)c2ccc(N3CCC(C)CC3)c([N+](=O)[O-])c2)c1.Cl. The van der Waals surface area contributed by atoms with Gasteiger partial charge in [-0.2, -0.15) is 0 Å². The summed E-state index contributed by atoms with van der Waals surface area (Å²) in [5, 5.41) is 14.3. The molecule has 0 saturated carbocycles. The minimum Gasteiger partial charge on any atom is -0.497 e. The van der Waals surface area contributed by atoms with Crippen molar-refractivity contribution in [2.24, 2.45) is 5.92 Å². The van der Waals surface area contributed by atoms with Crippen molar-refractivity contribution < 1.29 is 14.5 Å². The summed E-state index contributed by atoms with van der Waals surface area (Å²) >= 11 is 0. The van der Waals surface area contributed by atoms with Gasteiger partial charge in [0.1, 0.15) is 11.4 Å². The monoisotopic (exact) mass is 420 g/mol. The largest absolute Gasteiger partial charge is 0.497 e. The number of nitrogens with two attached hydrogens (primary N) is 1. The van der Waals surface area contributed by atoms with E-state index in [-0.39, 0.29) is 23.7 Å². The first-order chi connectivity index (χ1) is 13.4. The van der Waals surface area contributed by atoms with E-state index in [9.17, 15) is 14.9 Å². The van der Waals surface area contributed by atoms with Crippen molar-refractivity contribution in [3.8, 4) is 5.75 Å². The third kappa shape index (κ3) is 5.08. The predicted molar refractivity (Wildman–Crippen MR) is 116 cm³/mol. The molecule has 156 valence electrons. The van der Waals surface area contributed by atoms with Gasteiger partial charge in [0.05, 0.1) is 23.4 Å². The summed E-state index contributed by atoms with van der Waals surface area (Å²) in [5.41, 5.74) is 7.34. The van der Waals surface area contributed by atoms with E-state index in [4.69, 9.17) is 10.5 Å². The summed E-state index contributed by atoms with van der Waals surface area (Å²) in [4.78, 5) is 25.8. The van der Waals surface area contributed by atoms with Gasteiger partial charge in [-0.05, 0) is 43.0 Å². The number of hydrogen-bond donors (Lipinski definition) is 2. The molecule has 0 radical (unpaired) electrons. The molecule has 1 heterocycles. The van der Waals surface area contributed by atoms with Crippen LogP contribution in [0.25, 0.3) is 0 Å². The van der Waals surface area contributed by atoms with Crippen molar-refractivity contribution in [3.63, 3.8) is 0 Å². The van der Waals surface area contributed by atoms with E-state index < -0.39 is 10.8 Å². The van der Waals surface area contributed by atoms with Gasteiger partial charge in [-0.1, -0.05) is 6.92 Å². The molecule has 1 saturated heterocycles. The topological polar surface area (TPSA) is 111 Å². The molecule has 2 aromatic rings. The van der Waals surface area contributed by atoms with Crippen molar-refractivity contribution in [3.05, 3.63) is 52.1 Å². The molecule has 9 heteroatoms. The molecule has 0 unspecified atom stereocenters. The Kier molecular flexibility index (Phi) is 7.28. The first-order valence-corrected chi connectivity index (χ1v) is 9.17. The molecule has 1 aliphatic rings. The number of halogens is 1. The van der Waals surface area contributed by atoms with Crippen LogP contribution in [0, 0.1) is 16.0 Å². The second-order valence-corrected chi connectivity index (χ2v) is 7.04. The standard InChI is InChI=1S/C20H24N4O4.ClH/c1-13-7-9-23(10-8-13)18-6-3-14(11-19(18)24(26)27)20(25)22-17-12-15(28-2)4-5-16(17)21;/h3-6,11-13H,7-10,21H2,1-2H3,(H,22,25);1H. The summed E-state index contributed by atoms with van der Waals surface area (Å²) in [6.07, 6.45) is 1.99. The number of amides is 1. The van der Waals surface area contributed by atoms with E-state index in [1.807, 2.05) is 4.90 Å². The van der Waals surface area contributed by atoms with E-state index >= 15 is 0 Å². The Morgan fingerprint density at radius 2 is 1.93 bits per heavy atom. The molecule has 1 aliphatic heterocycles. The van der Waals surface area contributed by atoms with Crippen molar-refractivity contribution in [1.82, 2.24) is 0 Å². The maximum Gasteiger partial charge on any atom is 0.293 e. The molecule has 3 rings (SSSR count). The summed E-state index contributed by atoms with van der Waals surface area (Å²) in [6.45, 7) is 3.73. The second kappa shape index (κ2) is 9.47. The van der Waals surface area contributed by atoms with Crippen LogP contribution in [-0.4, -0.2) is 31.0 Å². The first-order valence-electron chi connectivity index (χ1n) is 9.17. The Balaban J connectivity index is 0.00000300. The highest BCUT2D eigenvalue weighted by Crippen LogP contribution is 2.33. The van der Waals surface area contributed by atoms with Crippen LogP contribution in [0.5, 0.6) is 5.75 Å². The molecule has 0 aliphatic carbocycles. The number of piperidine rings is 1. The number of hydrogen-bond acceptors (Lipinski definition) is 6. The number of carbonyl (C=O) groups is 1. The number of methoxy groups -OCH3 is 1. The number of nitro groups is 1. The minimum atomic E-state index is -0.470. The Hall–Kier alpha value is -3.00. The number of anilines is 3. The molecule has 3 N–H and O–H groups in total. The number of rotatable bonds is 5. The predicted octanol–water partition coefficient (Wildman–Crippen LogP) is 4.10. The average molecular weight is 421 g/mol. The molecule has 2 aromatic carbocycles. The molecule has 1 fully saturated rings. The van der Waals surface area contributed by atoms with Crippen LogP contribution >= 0.6 is 12.4 Å². The van der Waals surface area contributed by atoms with E-state index in [0.29, 0.717) is 28.7 Å². The zero-order valence-electron chi connectivity index (χ0n) is 16.4. The third-order valence-corrected chi connectivity index (χ3v) is 5.07. The number of benzene rings is 2. The van der Waals surface area contributed by atoms with E-state index in [1.54, 1.807) is 30.3 Å². The van der Waals surface area contributed by atoms with Gasteiger partial charge in [0.2, 0.25) is 0 Å². The van der Waals surface area contributed by atoms with Gasteiger partial charge in [-0.25, -0.2) is 0 Å². The summed E-state index contributed by atoms with van der Waals surface area (Å²) in [5.74, 6) is 0.695. The lowest BCUT2D eigenvalue weighted by molar-refractivity contribution is -0.384. The van der Waals surface area contributed by atoms with Crippen LogP contribution in [0.15, 0.2) is 36.4 Å². The van der Waals surface area contributed by atoms with E-state index in [1.165, 1.54) is 13.2 Å². The van der Waals surface area contributed by atoms with Gasteiger partial charge in [-0.3, -0.25) is 14.9 Å². The molecule has 8 nitrogen and oxygen atoms in total. The van der Waals surface area contributed by atoms with Gasteiger partial charge in [0, 0.05) is 30.8 Å². The van der Waals surface area contributed by atoms with E-state index in [0.717, 1.165) is 25.9 Å². The van der Waals surface area contributed by atoms with Crippen LogP contribution in [-0.2, 0) is 0 Å². The lowest BCUT2D eigenvalue weighted by Crippen LogP contribution is -2.33. The zero-order chi connectivity index (χ0) is 20.3. The van der Waals surface area contributed by atoms with Crippen molar-refractivity contribution in [1.29, 1.82) is 0 Å².